The van der Waals surface area contributed by atoms with Gasteiger partial charge in [-0.1, -0.05) is 68.3 Å². The van der Waals surface area contributed by atoms with Crippen LogP contribution in [0.15, 0.2) is 48.5 Å². The number of aryl methyl sites for hydroxylation is 2. The summed E-state index contributed by atoms with van der Waals surface area (Å²) in [6.07, 6.45) is 5.03. The minimum absolute atomic E-state index is 0.00904. The van der Waals surface area contributed by atoms with E-state index in [0.29, 0.717) is 18.7 Å². The lowest BCUT2D eigenvalue weighted by atomic mass is 10.1. The van der Waals surface area contributed by atoms with Crippen molar-refractivity contribution < 1.29 is 9.59 Å². The second kappa shape index (κ2) is 12.1. The highest BCUT2D eigenvalue weighted by Gasteiger charge is 2.30. The van der Waals surface area contributed by atoms with Crippen molar-refractivity contribution in [2.45, 2.75) is 77.3 Å². The molecule has 2 aromatic carbocycles. The Bertz CT molecular complexity index is 908. The molecule has 1 fully saturated rings. The number of nitrogens with zero attached hydrogens (tertiary/aromatic N) is 1. The van der Waals surface area contributed by atoms with Crippen LogP contribution in [0.25, 0.3) is 0 Å². The molecule has 2 aromatic rings. The van der Waals surface area contributed by atoms with Gasteiger partial charge in [-0.05, 0) is 55.4 Å². The molecule has 3 rings (SSSR count). The second-order valence-corrected chi connectivity index (χ2v) is 9.77. The number of amides is 2. The van der Waals surface area contributed by atoms with Crippen molar-refractivity contribution in [2.24, 2.45) is 0 Å². The first kappa shape index (κ1) is 24.4. The molecule has 0 saturated heterocycles. The zero-order valence-electron chi connectivity index (χ0n) is 19.6. The van der Waals surface area contributed by atoms with Crippen molar-refractivity contribution in [3.63, 3.8) is 0 Å². The van der Waals surface area contributed by atoms with Gasteiger partial charge in [0.2, 0.25) is 11.8 Å². The zero-order valence-corrected chi connectivity index (χ0v) is 20.4. The summed E-state index contributed by atoms with van der Waals surface area (Å²) in [6, 6.07) is 16.2. The minimum atomic E-state index is -0.443. The first-order chi connectivity index (χ1) is 15.5. The van der Waals surface area contributed by atoms with E-state index in [2.05, 4.69) is 43.4 Å². The van der Waals surface area contributed by atoms with Crippen LogP contribution in [0.3, 0.4) is 0 Å². The molecule has 0 bridgehead atoms. The van der Waals surface area contributed by atoms with Gasteiger partial charge in [-0.25, -0.2) is 0 Å². The van der Waals surface area contributed by atoms with Crippen LogP contribution in [0.1, 0.15) is 61.3 Å². The average molecular weight is 453 g/mol. The third-order valence-electron chi connectivity index (χ3n) is 6.43. The van der Waals surface area contributed by atoms with Gasteiger partial charge in [0, 0.05) is 18.3 Å². The molecule has 172 valence electrons. The molecular weight excluding hydrogens is 416 g/mol. The summed E-state index contributed by atoms with van der Waals surface area (Å²) in [5.74, 6) is 1.18. The zero-order chi connectivity index (χ0) is 22.9. The number of hydrogen-bond donors (Lipinski definition) is 1. The van der Waals surface area contributed by atoms with Crippen molar-refractivity contribution >= 4 is 23.6 Å². The van der Waals surface area contributed by atoms with Gasteiger partial charge in [0.15, 0.2) is 0 Å². The van der Waals surface area contributed by atoms with Crippen molar-refractivity contribution in [3.05, 3.63) is 70.8 Å². The second-order valence-electron chi connectivity index (χ2n) is 8.78. The van der Waals surface area contributed by atoms with E-state index in [1.165, 1.54) is 24.0 Å². The molecule has 0 spiro atoms. The molecule has 4 nitrogen and oxygen atoms in total. The quantitative estimate of drug-likeness (QED) is 0.525. The Morgan fingerprint density at radius 3 is 2.19 bits per heavy atom. The first-order valence-electron chi connectivity index (χ1n) is 11.8. The third-order valence-corrected chi connectivity index (χ3v) is 7.40. The van der Waals surface area contributed by atoms with E-state index in [4.69, 9.17) is 0 Å². The van der Waals surface area contributed by atoms with Crippen LogP contribution in [0.5, 0.6) is 0 Å². The van der Waals surface area contributed by atoms with Gasteiger partial charge >= 0.3 is 0 Å². The number of rotatable bonds is 10. The van der Waals surface area contributed by atoms with Crippen LogP contribution in [0.4, 0.5) is 0 Å². The van der Waals surface area contributed by atoms with Crippen LogP contribution in [-0.4, -0.2) is 34.6 Å². The lowest BCUT2D eigenvalue weighted by molar-refractivity contribution is -0.139. The molecule has 1 N–H and O–H groups in total. The summed E-state index contributed by atoms with van der Waals surface area (Å²) >= 11 is 1.62. The summed E-state index contributed by atoms with van der Waals surface area (Å²) in [6.45, 7) is 6.62. The van der Waals surface area contributed by atoms with E-state index in [-0.39, 0.29) is 17.9 Å². The molecule has 1 atom stereocenters. The molecule has 2 amide bonds. The van der Waals surface area contributed by atoms with E-state index in [0.717, 1.165) is 29.7 Å². The Hall–Kier alpha value is -2.27. The van der Waals surface area contributed by atoms with Gasteiger partial charge in [0.25, 0.3) is 0 Å². The molecule has 1 aliphatic rings. The molecule has 0 heterocycles. The van der Waals surface area contributed by atoms with E-state index in [1.807, 2.05) is 31.2 Å². The molecule has 0 radical (unpaired) electrons. The van der Waals surface area contributed by atoms with Gasteiger partial charge in [0.1, 0.15) is 6.04 Å². The predicted octanol–water partition coefficient (Wildman–Crippen LogP) is 5.40. The number of nitrogens with one attached hydrogen (secondary N) is 1. The maximum atomic E-state index is 13.4. The largest absolute Gasteiger partial charge is 0.352 e. The van der Waals surface area contributed by atoms with Gasteiger partial charge in [-0.3, -0.25) is 9.59 Å². The fourth-order valence-corrected chi connectivity index (χ4v) is 5.35. The molecule has 0 aliphatic heterocycles. The summed E-state index contributed by atoms with van der Waals surface area (Å²) in [5, 5.41) is 3.22. The first-order valence-corrected chi connectivity index (χ1v) is 12.9. The number of hydrogen-bond acceptors (Lipinski definition) is 3. The summed E-state index contributed by atoms with van der Waals surface area (Å²) in [5.41, 5.74) is 4.73. The standard InChI is InChI=1S/C27H36N2O2S/c1-4-25(27(31)28-24-15-9-10-16-24)29(17-22-13-7-5-11-20(22)2)26(30)19-32-18-23-14-8-6-12-21(23)3/h5-8,11-14,24-25H,4,9-10,15-19H2,1-3H3,(H,28,31)/t25-/m1/s1. The third kappa shape index (κ3) is 6.61. The highest BCUT2D eigenvalue weighted by atomic mass is 32.2. The van der Waals surface area contributed by atoms with Crippen LogP contribution in [0, 0.1) is 13.8 Å². The molecule has 1 saturated carbocycles. The molecule has 32 heavy (non-hydrogen) atoms. The van der Waals surface area contributed by atoms with E-state index in [1.54, 1.807) is 16.7 Å². The van der Waals surface area contributed by atoms with Crippen molar-refractivity contribution in [3.8, 4) is 0 Å². The minimum Gasteiger partial charge on any atom is -0.352 e. The monoisotopic (exact) mass is 452 g/mol. The van der Waals surface area contributed by atoms with Crippen molar-refractivity contribution in [1.29, 1.82) is 0 Å². The highest BCUT2D eigenvalue weighted by molar-refractivity contribution is 7.99. The SMILES string of the molecule is CC[C@H](C(=O)NC1CCCC1)N(Cc1ccccc1C)C(=O)CSCc1ccccc1C. The molecule has 5 heteroatoms. The van der Waals surface area contributed by atoms with E-state index < -0.39 is 6.04 Å². The number of carbonyl (C=O) groups excluding carboxylic acids is 2. The Morgan fingerprint density at radius 1 is 1.00 bits per heavy atom. The summed E-state index contributed by atoms with van der Waals surface area (Å²) in [4.78, 5) is 28.4. The molecule has 1 aliphatic carbocycles. The van der Waals surface area contributed by atoms with Crippen LogP contribution < -0.4 is 5.32 Å². The Kier molecular flexibility index (Phi) is 9.22. The molecular formula is C27H36N2O2S. The van der Waals surface area contributed by atoms with Crippen molar-refractivity contribution in [1.82, 2.24) is 10.2 Å². The van der Waals surface area contributed by atoms with Crippen LogP contribution in [0.2, 0.25) is 0 Å². The normalized spacial score (nSPS) is 14.8. The van der Waals surface area contributed by atoms with Gasteiger partial charge in [0.05, 0.1) is 5.75 Å². The van der Waals surface area contributed by atoms with Gasteiger partial charge < -0.3 is 10.2 Å². The molecule has 0 unspecified atom stereocenters. The predicted molar refractivity (Wildman–Crippen MR) is 134 cm³/mol. The maximum Gasteiger partial charge on any atom is 0.243 e. The lowest BCUT2D eigenvalue weighted by Crippen LogP contribution is -2.51. The number of thioether (sulfide) groups is 1. The highest BCUT2D eigenvalue weighted by Crippen LogP contribution is 2.22. The van der Waals surface area contributed by atoms with Crippen molar-refractivity contribution in [2.75, 3.05) is 5.75 Å². The van der Waals surface area contributed by atoms with Crippen LogP contribution in [-0.2, 0) is 21.9 Å². The van der Waals surface area contributed by atoms with Gasteiger partial charge in [-0.15, -0.1) is 11.8 Å². The summed E-state index contributed by atoms with van der Waals surface area (Å²) in [7, 11) is 0. The van der Waals surface area contributed by atoms with E-state index in [9.17, 15) is 9.59 Å². The average Bonchev–Trinajstić information content (AvgIpc) is 3.29. The smallest absolute Gasteiger partial charge is 0.243 e. The number of benzene rings is 2. The Balaban J connectivity index is 1.72. The van der Waals surface area contributed by atoms with E-state index >= 15 is 0 Å². The Labute approximate surface area is 197 Å². The lowest BCUT2D eigenvalue weighted by Gasteiger charge is -2.32. The fourth-order valence-electron chi connectivity index (χ4n) is 4.36. The maximum absolute atomic E-state index is 13.4. The fraction of sp³-hybridized carbons (Fsp3) is 0.481. The Morgan fingerprint density at radius 2 is 1.59 bits per heavy atom. The number of carbonyl (C=O) groups is 2. The molecule has 0 aromatic heterocycles. The summed E-state index contributed by atoms with van der Waals surface area (Å²) < 4.78 is 0. The van der Waals surface area contributed by atoms with Crippen LogP contribution >= 0.6 is 11.8 Å². The van der Waals surface area contributed by atoms with Gasteiger partial charge in [-0.2, -0.15) is 0 Å². The topological polar surface area (TPSA) is 49.4 Å².